The van der Waals surface area contributed by atoms with Gasteiger partial charge in [0.25, 0.3) is 5.91 Å². The maximum atomic E-state index is 13.4. The second-order valence-corrected chi connectivity index (χ2v) is 10.4. The third-order valence-electron chi connectivity index (χ3n) is 5.92. The number of nitrogens with zero attached hydrogens (tertiary/aromatic N) is 3. The van der Waals surface area contributed by atoms with Gasteiger partial charge in [0.15, 0.2) is 14.9 Å². The number of hydrogen-bond donors (Lipinski definition) is 1. The van der Waals surface area contributed by atoms with Crippen LogP contribution in [0.25, 0.3) is 16.6 Å². The predicted octanol–water partition coefficient (Wildman–Crippen LogP) is 4.72. The fourth-order valence-electron chi connectivity index (χ4n) is 4.05. The molecule has 1 fully saturated rings. The topological polar surface area (TPSA) is 93.9 Å². The Kier molecular flexibility index (Phi) is 6.46. The smallest absolute Gasteiger partial charge is 0.252 e. The van der Waals surface area contributed by atoms with Gasteiger partial charge in [-0.3, -0.25) is 4.79 Å². The van der Waals surface area contributed by atoms with Crippen molar-refractivity contribution in [2.24, 2.45) is 0 Å². The summed E-state index contributed by atoms with van der Waals surface area (Å²) >= 11 is 0. The number of aryl methyl sites for hydroxylation is 1. The van der Waals surface area contributed by atoms with Gasteiger partial charge in [-0.05, 0) is 79.4 Å². The van der Waals surface area contributed by atoms with E-state index < -0.39 is 15.4 Å². The molecule has 0 radical (unpaired) electrons. The van der Waals surface area contributed by atoms with Gasteiger partial charge >= 0.3 is 0 Å². The maximum Gasteiger partial charge on any atom is 0.252 e. The summed E-state index contributed by atoms with van der Waals surface area (Å²) in [4.78, 5) is 17.3. The highest BCUT2D eigenvalue weighted by Gasteiger charge is 2.46. The molecule has 1 aliphatic carbocycles. The molecule has 0 saturated heterocycles. The molecule has 9 heteroatoms. The minimum atomic E-state index is -3.46. The Morgan fingerprint density at radius 1 is 1.09 bits per heavy atom. The Hall–Kier alpha value is -3.59. The van der Waals surface area contributed by atoms with E-state index in [1.165, 1.54) is 24.4 Å². The molecule has 2 aromatic heterocycles. The zero-order valence-electron chi connectivity index (χ0n) is 20.0. The molecule has 0 unspecified atom stereocenters. The lowest BCUT2D eigenvalue weighted by molar-refractivity contribution is 0.0932. The lowest BCUT2D eigenvalue weighted by Gasteiger charge is -2.19. The Labute approximate surface area is 203 Å². The lowest BCUT2D eigenvalue weighted by Crippen LogP contribution is -2.35. The first-order valence-electron chi connectivity index (χ1n) is 11.4. The van der Waals surface area contributed by atoms with Gasteiger partial charge in [0.2, 0.25) is 0 Å². The summed E-state index contributed by atoms with van der Waals surface area (Å²) in [5, 5.41) is 8.19. The summed E-state index contributed by atoms with van der Waals surface area (Å²) in [6, 6.07) is 13.0. The minimum absolute atomic E-state index is 0.0148. The Morgan fingerprint density at radius 2 is 1.77 bits per heavy atom. The molecule has 2 aromatic carbocycles. The monoisotopic (exact) mass is 494 g/mol. The van der Waals surface area contributed by atoms with Crippen LogP contribution in [-0.4, -0.2) is 35.3 Å². The zero-order valence-corrected chi connectivity index (χ0v) is 20.9. The van der Waals surface area contributed by atoms with E-state index >= 15 is 0 Å². The fourth-order valence-corrected chi connectivity index (χ4v) is 4.64. The molecule has 1 saturated carbocycles. The van der Waals surface area contributed by atoms with E-state index in [0.29, 0.717) is 29.5 Å². The van der Waals surface area contributed by atoms with Crippen LogP contribution in [0.5, 0.6) is 0 Å². The van der Waals surface area contributed by atoms with E-state index in [1.54, 1.807) is 35.1 Å². The highest BCUT2D eigenvalue weighted by atomic mass is 32.2. The number of nitrogens with one attached hydrogen (secondary N) is 1. The molecule has 0 atom stereocenters. The van der Waals surface area contributed by atoms with E-state index in [4.69, 9.17) is 0 Å². The molecule has 1 N–H and O–H groups in total. The normalized spacial score (nSPS) is 14.2. The van der Waals surface area contributed by atoms with Crippen molar-refractivity contribution in [3.63, 3.8) is 0 Å². The summed E-state index contributed by atoms with van der Waals surface area (Å²) in [6.45, 7) is 5.90. The SMILES string of the molecule is CC.Cc1cc(C(=O)NC2(c3ccnc(S(C)(=O)=O)c3)CC2)c2cnn(-c3ccc(F)cc3)c2c1. The van der Waals surface area contributed by atoms with Crippen molar-refractivity contribution in [1.82, 2.24) is 20.1 Å². The summed E-state index contributed by atoms with van der Waals surface area (Å²) in [6.07, 6.45) is 5.60. The molecule has 0 spiro atoms. The van der Waals surface area contributed by atoms with Crippen LogP contribution in [0.3, 0.4) is 0 Å². The van der Waals surface area contributed by atoms with Crippen molar-refractivity contribution in [3.05, 3.63) is 83.4 Å². The van der Waals surface area contributed by atoms with E-state index in [-0.39, 0.29) is 16.8 Å². The van der Waals surface area contributed by atoms with Gasteiger partial charge in [0, 0.05) is 17.8 Å². The molecule has 35 heavy (non-hydrogen) atoms. The molecule has 1 amide bonds. The average molecular weight is 495 g/mol. The molecular formula is C26H27FN4O3S. The number of amides is 1. The predicted molar refractivity (Wildman–Crippen MR) is 133 cm³/mol. The Balaban J connectivity index is 0.00000141. The molecule has 7 nitrogen and oxygen atoms in total. The van der Waals surface area contributed by atoms with E-state index in [0.717, 1.165) is 22.9 Å². The van der Waals surface area contributed by atoms with Crippen LogP contribution in [0, 0.1) is 12.7 Å². The van der Waals surface area contributed by atoms with Gasteiger partial charge in [-0.25, -0.2) is 22.5 Å². The standard InChI is InChI=1S/C24H21FN4O3S.C2H6/c1-15-11-19(20-14-27-29(21(20)12-15)18-5-3-17(25)4-6-18)23(30)28-24(8-9-24)16-7-10-26-22(13-16)33(2,31)32;1-2/h3-7,10-14H,8-9H2,1-2H3,(H,28,30);1-2H3. The van der Waals surface area contributed by atoms with Crippen molar-refractivity contribution in [1.29, 1.82) is 0 Å². The Morgan fingerprint density at radius 3 is 2.40 bits per heavy atom. The second kappa shape index (κ2) is 9.22. The molecule has 182 valence electrons. The highest BCUT2D eigenvalue weighted by molar-refractivity contribution is 7.90. The van der Waals surface area contributed by atoms with E-state index in [1.807, 2.05) is 26.8 Å². The molecule has 1 aliphatic rings. The quantitative estimate of drug-likeness (QED) is 0.433. The van der Waals surface area contributed by atoms with Crippen LogP contribution in [-0.2, 0) is 15.4 Å². The summed E-state index contributed by atoms with van der Waals surface area (Å²) in [5.41, 5.74) is 2.87. The van der Waals surface area contributed by atoms with Crippen LogP contribution in [0.1, 0.15) is 48.2 Å². The van der Waals surface area contributed by atoms with Crippen molar-refractivity contribution >= 4 is 26.6 Å². The second-order valence-electron chi connectivity index (χ2n) is 8.47. The highest BCUT2D eigenvalue weighted by Crippen LogP contribution is 2.46. The number of aromatic nitrogens is 3. The first kappa shape index (κ1) is 24.5. The fraction of sp³-hybridized carbons (Fsp3) is 0.269. The summed E-state index contributed by atoms with van der Waals surface area (Å²) in [7, 11) is -3.46. The first-order chi connectivity index (χ1) is 16.7. The maximum absolute atomic E-state index is 13.4. The largest absolute Gasteiger partial charge is 0.342 e. The van der Waals surface area contributed by atoms with Crippen LogP contribution in [0.2, 0.25) is 0 Å². The van der Waals surface area contributed by atoms with Gasteiger partial charge in [-0.15, -0.1) is 0 Å². The molecule has 4 aromatic rings. The van der Waals surface area contributed by atoms with E-state index in [2.05, 4.69) is 15.4 Å². The number of hydrogen-bond acceptors (Lipinski definition) is 5. The molecule has 0 aliphatic heterocycles. The number of carbonyl (C=O) groups is 1. The van der Waals surface area contributed by atoms with Crippen LogP contribution in [0.15, 0.2) is 66.0 Å². The number of halogens is 1. The molecule has 0 bridgehead atoms. The van der Waals surface area contributed by atoms with Gasteiger partial charge in [-0.2, -0.15) is 5.10 Å². The van der Waals surface area contributed by atoms with Crippen molar-refractivity contribution in [2.75, 3.05) is 6.26 Å². The number of carbonyl (C=O) groups excluding carboxylic acids is 1. The van der Waals surface area contributed by atoms with Crippen molar-refractivity contribution < 1.29 is 17.6 Å². The number of fused-ring (bicyclic) bond motifs is 1. The Bertz CT molecular complexity index is 1510. The molecule has 5 rings (SSSR count). The number of rotatable bonds is 5. The van der Waals surface area contributed by atoms with Gasteiger partial charge in [0.05, 0.1) is 28.5 Å². The summed E-state index contributed by atoms with van der Waals surface area (Å²) < 4.78 is 38.9. The lowest BCUT2D eigenvalue weighted by atomic mass is 10.0. The van der Waals surface area contributed by atoms with Crippen LogP contribution in [0.4, 0.5) is 4.39 Å². The van der Waals surface area contributed by atoms with Gasteiger partial charge in [-0.1, -0.05) is 13.8 Å². The third kappa shape index (κ3) is 4.81. The first-order valence-corrected chi connectivity index (χ1v) is 13.3. The number of pyridine rings is 1. The van der Waals surface area contributed by atoms with Crippen molar-refractivity contribution in [3.8, 4) is 5.69 Å². The average Bonchev–Trinajstić information content (AvgIpc) is 3.50. The third-order valence-corrected chi connectivity index (χ3v) is 6.90. The molecule has 2 heterocycles. The number of sulfone groups is 1. The zero-order chi connectivity index (χ0) is 25.4. The van der Waals surface area contributed by atoms with Crippen molar-refractivity contribution in [2.45, 2.75) is 44.2 Å². The van der Waals surface area contributed by atoms with Gasteiger partial charge in [0.1, 0.15) is 5.82 Å². The summed E-state index contributed by atoms with van der Waals surface area (Å²) in [5.74, 6) is -0.603. The minimum Gasteiger partial charge on any atom is -0.342 e. The van der Waals surface area contributed by atoms with E-state index in [9.17, 15) is 17.6 Å². The van der Waals surface area contributed by atoms with Crippen LogP contribution >= 0.6 is 0 Å². The van der Waals surface area contributed by atoms with Crippen LogP contribution < -0.4 is 5.32 Å². The van der Waals surface area contributed by atoms with Gasteiger partial charge < -0.3 is 5.32 Å². The number of benzene rings is 2. The molecular weight excluding hydrogens is 467 g/mol.